The Labute approximate surface area is 162 Å². The molecule has 0 unspecified atom stereocenters. The van der Waals surface area contributed by atoms with Crippen molar-refractivity contribution in [2.45, 2.75) is 13.8 Å². The zero-order chi connectivity index (χ0) is 18.7. The molecular formula is C20H20ClN3OS. The highest BCUT2D eigenvalue weighted by Crippen LogP contribution is 2.35. The third-order valence-electron chi connectivity index (χ3n) is 3.75. The van der Waals surface area contributed by atoms with E-state index in [1.54, 1.807) is 6.34 Å². The second kappa shape index (κ2) is 7.89. The Morgan fingerprint density at radius 3 is 2.65 bits per heavy atom. The molecule has 0 amide bonds. The maximum absolute atomic E-state index is 6.25. The van der Waals surface area contributed by atoms with Crippen molar-refractivity contribution >= 4 is 35.0 Å². The Morgan fingerprint density at radius 1 is 1.15 bits per heavy atom. The van der Waals surface area contributed by atoms with Gasteiger partial charge in [0.15, 0.2) is 0 Å². The number of thiazole rings is 1. The minimum atomic E-state index is 0.590. The van der Waals surface area contributed by atoms with Gasteiger partial charge < -0.3 is 9.64 Å². The molecule has 134 valence electrons. The molecule has 0 atom stereocenters. The van der Waals surface area contributed by atoms with E-state index in [2.05, 4.69) is 9.98 Å². The monoisotopic (exact) mass is 385 g/mol. The first kappa shape index (κ1) is 18.4. The molecule has 3 aromatic rings. The molecule has 0 aliphatic heterocycles. The second-order valence-corrected chi connectivity index (χ2v) is 7.42. The molecule has 0 spiro atoms. The lowest BCUT2D eigenvalue weighted by atomic mass is 10.1. The molecular weight excluding hydrogens is 366 g/mol. The minimum Gasteiger partial charge on any atom is -0.431 e. The molecule has 0 aliphatic carbocycles. The second-order valence-electron chi connectivity index (χ2n) is 6.19. The molecule has 3 rings (SSSR count). The fourth-order valence-corrected chi connectivity index (χ4v) is 3.31. The van der Waals surface area contributed by atoms with E-state index in [1.165, 1.54) is 11.3 Å². The van der Waals surface area contributed by atoms with E-state index in [0.717, 1.165) is 33.8 Å². The number of hydrogen-bond acceptors (Lipinski definition) is 4. The third kappa shape index (κ3) is 4.23. The van der Waals surface area contributed by atoms with Crippen LogP contribution in [0.25, 0.3) is 11.3 Å². The van der Waals surface area contributed by atoms with Gasteiger partial charge in [0.25, 0.3) is 5.19 Å². The number of halogens is 1. The van der Waals surface area contributed by atoms with Crippen LogP contribution in [-0.4, -0.2) is 30.3 Å². The van der Waals surface area contributed by atoms with Gasteiger partial charge in [0.2, 0.25) is 0 Å². The molecule has 1 aromatic heterocycles. The lowest BCUT2D eigenvalue weighted by Gasteiger charge is -2.10. The Kier molecular flexibility index (Phi) is 5.59. The Balaban J connectivity index is 1.84. The zero-order valence-corrected chi connectivity index (χ0v) is 16.7. The highest BCUT2D eigenvalue weighted by molar-refractivity contribution is 7.11. The smallest absolute Gasteiger partial charge is 0.279 e. The van der Waals surface area contributed by atoms with E-state index in [1.807, 2.05) is 74.6 Å². The van der Waals surface area contributed by atoms with Crippen LogP contribution in [0.1, 0.15) is 11.1 Å². The first-order valence-corrected chi connectivity index (χ1v) is 9.40. The number of benzene rings is 2. The normalized spacial score (nSPS) is 11.1. The summed E-state index contributed by atoms with van der Waals surface area (Å²) in [5, 5.41) is 3.22. The van der Waals surface area contributed by atoms with Crippen LogP contribution in [0.2, 0.25) is 5.02 Å². The quantitative estimate of drug-likeness (QED) is 0.393. The number of hydrogen-bond donors (Lipinski definition) is 0. The fraction of sp³-hybridized carbons (Fsp3) is 0.200. The summed E-state index contributed by atoms with van der Waals surface area (Å²) in [5.74, 6) is 0.784. The van der Waals surface area contributed by atoms with Crippen molar-refractivity contribution < 1.29 is 4.74 Å². The Bertz CT molecular complexity index is 950. The minimum absolute atomic E-state index is 0.590. The van der Waals surface area contributed by atoms with Crippen molar-refractivity contribution in [3.05, 3.63) is 57.9 Å². The lowest BCUT2D eigenvalue weighted by molar-refractivity contribution is 0.475. The van der Waals surface area contributed by atoms with Crippen LogP contribution >= 0.6 is 22.9 Å². The van der Waals surface area contributed by atoms with Crippen molar-refractivity contribution in [3.8, 4) is 22.2 Å². The van der Waals surface area contributed by atoms with Gasteiger partial charge in [-0.05, 0) is 43.2 Å². The molecule has 0 saturated heterocycles. The first-order valence-electron chi connectivity index (χ1n) is 8.14. The summed E-state index contributed by atoms with van der Waals surface area (Å²) >= 11 is 7.70. The van der Waals surface area contributed by atoms with Crippen molar-refractivity contribution in [2.24, 2.45) is 4.99 Å². The number of aromatic nitrogens is 1. The predicted octanol–water partition coefficient (Wildman–Crippen LogP) is 6.09. The number of aliphatic imine (C=N–C) groups is 1. The molecule has 0 fully saturated rings. The van der Waals surface area contributed by atoms with Gasteiger partial charge in [-0.3, -0.25) is 0 Å². The third-order valence-corrected chi connectivity index (χ3v) is 4.80. The molecule has 0 N–H and O–H groups in total. The van der Waals surface area contributed by atoms with E-state index in [9.17, 15) is 0 Å². The molecule has 0 saturated carbocycles. The number of aryl methyl sites for hydroxylation is 2. The van der Waals surface area contributed by atoms with Gasteiger partial charge in [0, 0.05) is 30.1 Å². The summed E-state index contributed by atoms with van der Waals surface area (Å²) in [4.78, 5) is 11.0. The lowest BCUT2D eigenvalue weighted by Crippen LogP contribution is -2.07. The SMILES string of the molecule is Cc1cc(Oc2nc(-c3ccccc3Cl)cs2)c(C)cc1N=CN(C)C. The van der Waals surface area contributed by atoms with Gasteiger partial charge in [0.1, 0.15) is 5.75 Å². The van der Waals surface area contributed by atoms with E-state index >= 15 is 0 Å². The van der Waals surface area contributed by atoms with Gasteiger partial charge in [-0.25, -0.2) is 9.98 Å². The molecule has 0 aliphatic rings. The van der Waals surface area contributed by atoms with Crippen LogP contribution in [0.3, 0.4) is 0 Å². The van der Waals surface area contributed by atoms with Crippen LogP contribution in [0.4, 0.5) is 5.69 Å². The van der Waals surface area contributed by atoms with Crippen LogP contribution in [0.15, 0.2) is 46.8 Å². The van der Waals surface area contributed by atoms with Gasteiger partial charge >= 0.3 is 0 Å². The highest BCUT2D eigenvalue weighted by atomic mass is 35.5. The molecule has 26 heavy (non-hydrogen) atoms. The van der Waals surface area contributed by atoms with Crippen LogP contribution in [-0.2, 0) is 0 Å². The molecule has 4 nitrogen and oxygen atoms in total. The number of rotatable bonds is 5. The average molecular weight is 386 g/mol. The van der Waals surface area contributed by atoms with E-state index in [0.29, 0.717) is 10.2 Å². The Hall–Kier alpha value is -2.37. The number of nitrogens with zero attached hydrogens (tertiary/aromatic N) is 3. The molecule has 0 bridgehead atoms. The van der Waals surface area contributed by atoms with Crippen molar-refractivity contribution in [2.75, 3.05) is 14.1 Å². The molecule has 1 heterocycles. The van der Waals surface area contributed by atoms with Crippen molar-refractivity contribution in [1.82, 2.24) is 9.88 Å². The summed E-state index contributed by atoms with van der Waals surface area (Å²) in [6.07, 6.45) is 1.79. The van der Waals surface area contributed by atoms with Crippen LogP contribution in [0.5, 0.6) is 10.9 Å². The summed E-state index contributed by atoms with van der Waals surface area (Å²) in [7, 11) is 3.89. The summed E-state index contributed by atoms with van der Waals surface area (Å²) in [6, 6.07) is 11.7. The largest absolute Gasteiger partial charge is 0.431 e. The fourth-order valence-electron chi connectivity index (χ4n) is 2.39. The van der Waals surface area contributed by atoms with E-state index in [4.69, 9.17) is 16.3 Å². The summed E-state index contributed by atoms with van der Waals surface area (Å²) < 4.78 is 6.01. The van der Waals surface area contributed by atoms with E-state index in [-0.39, 0.29) is 0 Å². The van der Waals surface area contributed by atoms with Crippen molar-refractivity contribution in [1.29, 1.82) is 0 Å². The zero-order valence-electron chi connectivity index (χ0n) is 15.2. The topological polar surface area (TPSA) is 37.7 Å². The average Bonchev–Trinajstić information content (AvgIpc) is 3.05. The highest BCUT2D eigenvalue weighted by Gasteiger charge is 2.11. The number of ether oxygens (including phenoxy) is 1. The van der Waals surface area contributed by atoms with Crippen LogP contribution in [0, 0.1) is 13.8 Å². The van der Waals surface area contributed by atoms with E-state index < -0.39 is 0 Å². The van der Waals surface area contributed by atoms with Gasteiger partial charge in [-0.1, -0.05) is 41.1 Å². The van der Waals surface area contributed by atoms with Gasteiger partial charge in [0.05, 0.1) is 17.7 Å². The van der Waals surface area contributed by atoms with Crippen LogP contribution < -0.4 is 4.74 Å². The maximum atomic E-state index is 6.25. The predicted molar refractivity (Wildman–Crippen MR) is 110 cm³/mol. The van der Waals surface area contributed by atoms with Crippen molar-refractivity contribution in [3.63, 3.8) is 0 Å². The Morgan fingerprint density at radius 2 is 1.92 bits per heavy atom. The summed E-state index contributed by atoms with van der Waals surface area (Å²) in [5.41, 5.74) is 4.71. The molecule has 6 heteroatoms. The molecule has 0 radical (unpaired) electrons. The maximum Gasteiger partial charge on any atom is 0.279 e. The van der Waals surface area contributed by atoms with Gasteiger partial charge in [-0.2, -0.15) is 0 Å². The summed E-state index contributed by atoms with van der Waals surface area (Å²) in [6.45, 7) is 4.03. The standard InChI is InChI=1S/C20H20ClN3OS/c1-13-10-19(14(2)9-17(13)22-12-24(3)4)25-20-23-18(11-26-20)15-7-5-6-8-16(15)21/h5-12H,1-4H3. The van der Waals surface area contributed by atoms with Gasteiger partial charge in [-0.15, -0.1) is 0 Å². The molecule has 2 aromatic carbocycles. The first-order chi connectivity index (χ1) is 12.4.